The Kier molecular flexibility index (Phi) is 4.66. The van der Waals surface area contributed by atoms with Crippen LogP contribution in [-0.2, 0) is 6.54 Å². The van der Waals surface area contributed by atoms with E-state index < -0.39 is 4.92 Å². The summed E-state index contributed by atoms with van der Waals surface area (Å²) in [6.45, 7) is 4.09. The molecule has 27 heavy (non-hydrogen) atoms. The molecule has 0 unspecified atom stereocenters. The molecule has 4 rings (SSSR count). The zero-order valence-electron chi connectivity index (χ0n) is 14.7. The molecule has 0 bridgehead atoms. The van der Waals surface area contributed by atoms with Crippen LogP contribution in [0.15, 0.2) is 53.3 Å². The number of nitro benzene ring substituents is 1. The lowest BCUT2D eigenvalue weighted by atomic mass is 10.2. The zero-order valence-corrected chi connectivity index (χ0v) is 14.7. The maximum absolute atomic E-state index is 13.2. The fourth-order valence-electron chi connectivity index (χ4n) is 3.35. The molecule has 1 saturated heterocycles. The third-order valence-corrected chi connectivity index (χ3v) is 4.72. The minimum absolute atomic E-state index is 0.115. The van der Waals surface area contributed by atoms with Gasteiger partial charge in [0.05, 0.1) is 28.1 Å². The van der Waals surface area contributed by atoms with Gasteiger partial charge in [-0.05, 0) is 18.2 Å². The van der Waals surface area contributed by atoms with Crippen molar-refractivity contribution in [3.63, 3.8) is 0 Å². The van der Waals surface area contributed by atoms with Gasteiger partial charge in [-0.25, -0.2) is 4.98 Å². The predicted molar refractivity (Wildman–Crippen MR) is 102 cm³/mol. The van der Waals surface area contributed by atoms with E-state index in [2.05, 4.69) is 15.2 Å². The number of piperazine rings is 1. The summed E-state index contributed by atoms with van der Waals surface area (Å²) < 4.78 is 1.56. The molecule has 0 amide bonds. The van der Waals surface area contributed by atoms with Crippen molar-refractivity contribution >= 4 is 16.6 Å². The smallest absolute Gasteiger partial charge is 0.270 e. The number of nitrogens with zero attached hydrogens (tertiary/aromatic N) is 4. The highest BCUT2D eigenvalue weighted by Crippen LogP contribution is 2.19. The second-order valence-corrected chi connectivity index (χ2v) is 6.49. The Labute approximate surface area is 155 Å². The van der Waals surface area contributed by atoms with Gasteiger partial charge >= 0.3 is 0 Å². The summed E-state index contributed by atoms with van der Waals surface area (Å²) >= 11 is 0. The molecule has 0 saturated carbocycles. The van der Waals surface area contributed by atoms with Crippen LogP contribution < -0.4 is 10.9 Å². The lowest BCUT2D eigenvalue weighted by Gasteiger charge is -2.27. The van der Waals surface area contributed by atoms with Crippen molar-refractivity contribution in [3.8, 4) is 5.69 Å². The van der Waals surface area contributed by atoms with Crippen molar-refractivity contribution in [3.05, 3.63) is 74.8 Å². The largest absolute Gasteiger partial charge is 0.314 e. The van der Waals surface area contributed by atoms with Crippen molar-refractivity contribution in [2.45, 2.75) is 6.54 Å². The van der Waals surface area contributed by atoms with E-state index >= 15 is 0 Å². The van der Waals surface area contributed by atoms with Crippen LogP contribution in [0.5, 0.6) is 0 Å². The van der Waals surface area contributed by atoms with Crippen LogP contribution in [0.3, 0.4) is 0 Å². The quantitative estimate of drug-likeness (QED) is 0.559. The monoisotopic (exact) mass is 365 g/mol. The summed E-state index contributed by atoms with van der Waals surface area (Å²) in [5.74, 6) is 0.634. The molecule has 3 aromatic rings. The van der Waals surface area contributed by atoms with E-state index in [0.29, 0.717) is 23.6 Å². The zero-order chi connectivity index (χ0) is 18.8. The number of aromatic nitrogens is 2. The van der Waals surface area contributed by atoms with Gasteiger partial charge in [0.1, 0.15) is 5.82 Å². The molecule has 0 aliphatic carbocycles. The van der Waals surface area contributed by atoms with E-state index in [1.54, 1.807) is 10.6 Å². The normalized spacial score (nSPS) is 15.1. The Balaban J connectivity index is 1.90. The van der Waals surface area contributed by atoms with E-state index in [1.807, 2.05) is 30.3 Å². The maximum Gasteiger partial charge on any atom is 0.270 e. The van der Waals surface area contributed by atoms with E-state index in [0.717, 1.165) is 26.2 Å². The first kappa shape index (κ1) is 17.3. The molecule has 1 aromatic heterocycles. The van der Waals surface area contributed by atoms with Gasteiger partial charge in [0.15, 0.2) is 0 Å². The minimum Gasteiger partial charge on any atom is -0.314 e. The topological polar surface area (TPSA) is 93.3 Å². The predicted octanol–water partition coefficient (Wildman–Crippen LogP) is 1.70. The molecule has 0 atom stereocenters. The molecule has 1 fully saturated rings. The summed E-state index contributed by atoms with van der Waals surface area (Å²) in [5.41, 5.74) is 0.771. The molecule has 8 nitrogen and oxygen atoms in total. The highest BCUT2D eigenvalue weighted by atomic mass is 16.6. The molecule has 0 radical (unpaired) electrons. The summed E-state index contributed by atoms with van der Waals surface area (Å²) in [4.78, 5) is 30.8. The third kappa shape index (κ3) is 3.44. The van der Waals surface area contributed by atoms with Gasteiger partial charge in [-0.3, -0.25) is 24.4 Å². The Morgan fingerprint density at radius 3 is 2.56 bits per heavy atom. The van der Waals surface area contributed by atoms with Gasteiger partial charge in [0.2, 0.25) is 0 Å². The van der Waals surface area contributed by atoms with Crippen molar-refractivity contribution in [1.82, 2.24) is 19.8 Å². The Hall–Kier alpha value is -3.10. The van der Waals surface area contributed by atoms with E-state index in [9.17, 15) is 14.9 Å². The van der Waals surface area contributed by atoms with Crippen LogP contribution in [0.4, 0.5) is 5.69 Å². The Bertz CT molecular complexity index is 1040. The second-order valence-electron chi connectivity index (χ2n) is 6.49. The highest BCUT2D eigenvalue weighted by molar-refractivity contribution is 5.80. The lowest BCUT2D eigenvalue weighted by Crippen LogP contribution is -2.44. The van der Waals surface area contributed by atoms with Gasteiger partial charge in [-0.1, -0.05) is 18.2 Å². The van der Waals surface area contributed by atoms with Gasteiger partial charge in [-0.15, -0.1) is 0 Å². The molecular formula is C19H19N5O3. The second kappa shape index (κ2) is 7.26. The number of fused-ring (bicyclic) bond motifs is 1. The van der Waals surface area contributed by atoms with Gasteiger partial charge in [-0.2, -0.15) is 0 Å². The average molecular weight is 365 g/mol. The molecule has 138 valence electrons. The number of nitro groups is 1. The van der Waals surface area contributed by atoms with Crippen LogP contribution in [0, 0.1) is 10.1 Å². The number of hydrogen-bond donors (Lipinski definition) is 1. The number of non-ortho nitro benzene ring substituents is 1. The van der Waals surface area contributed by atoms with Crippen molar-refractivity contribution in [2.24, 2.45) is 0 Å². The molecule has 1 aliphatic heterocycles. The minimum atomic E-state index is -0.500. The third-order valence-electron chi connectivity index (χ3n) is 4.72. The van der Waals surface area contributed by atoms with Gasteiger partial charge in [0.25, 0.3) is 11.2 Å². The van der Waals surface area contributed by atoms with E-state index in [1.165, 1.54) is 12.1 Å². The molecule has 8 heteroatoms. The lowest BCUT2D eigenvalue weighted by molar-refractivity contribution is -0.384. The molecule has 2 heterocycles. The maximum atomic E-state index is 13.2. The fraction of sp³-hybridized carbons (Fsp3) is 0.263. The van der Waals surface area contributed by atoms with Gasteiger partial charge < -0.3 is 5.32 Å². The van der Waals surface area contributed by atoms with Crippen LogP contribution in [0.25, 0.3) is 16.6 Å². The van der Waals surface area contributed by atoms with Crippen LogP contribution in [-0.4, -0.2) is 45.6 Å². The van der Waals surface area contributed by atoms with Crippen LogP contribution in [0.1, 0.15) is 5.82 Å². The molecule has 2 aromatic carbocycles. The van der Waals surface area contributed by atoms with Crippen LogP contribution >= 0.6 is 0 Å². The molecular weight excluding hydrogens is 346 g/mol. The average Bonchev–Trinajstić information content (AvgIpc) is 2.69. The fourth-order valence-corrected chi connectivity index (χ4v) is 3.35. The summed E-state index contributed by atoms with van der Waals surface area (Å²) in [6.07, 6.45) is 0. The number of benzene rings is 2. The first-order valence-corrected chi connectivity index (χ1v) is 8.82. The summed E-state index contributed by atoms with van der Waals surface area (Å²) in [7, 11) is 0. The Morgan fingerprint density at radius 2 is 1.85 bits per heavy atom. The molecule has 1 N–H and O–H groups in total. The van der Waals surface area contributed by atoms with Crippen molar-refractivity contribution in [1.29, 1.82) is 0 Å². The first-order valence-electron chi connectivity index (χ1n) is 8.82. The van der Waals surface area contributed by atoms with Crippen LogP contribution in [0.2, 0.25) is 0 Å². The summed E-state index contributed by atoms with van der Waals surface area (Å²) in [5, 5.41) is 14.7. The number of para-hydroxylation sites is 1. The van der Waals surface area contributed by atoms with Crippen molar-refractivity contribution in [2.75, 3.05) is 26.2 Å². The molecule has 0 spiro atoms. The van der Waals surface area contributed by atoms with Crippen molar-refractivity contribution < 1.29 is 4.92 Å². The number of rotatable bonds is 4. The van der Waals surface area contributed by atoms with E-state index in [-0.39, 0.29) is 16.6 Å². The van der Waals surface area contributed by atoms with E-state index in [4.69, 9.17) is 0 Å². The Morgan fingerprint density at radius 1 is 1.11 bits per heavy atom. The highest BCUT2D eigenvalue weighted by Gasteiger charge is 2.18. The standard InChI is InChI=1S/C19H19N5O3/c25-19-16-12-15(24(26)27)6-7-17(16)21-18(13-22-10-8-20-9-11-22)23(19)14-4-2-1-3-5-14/h1-7,12,20H,8-11,13H2. The SMILES string of the molecule is O=c1c2cc([N+](=O)[O-])ccc2nc(CN2CCNCC2)n1-c1ccccc1. The summed E-state index contributed by atoms with van der Waals surface area (Å²) in [6, 6.07) is 13.5. The number of nitrogens with one attached hydrogen (secondary N) is 1. The van der Waals surface area contributed by atoms with Gasteiger partial charge in [0, 0.05) is 38.3 Å². The molecule has 1 aliphatic rings. The first-order chi connectivity index (χ1) is 13.1. The number of hydrogen-bond acceptors (Lipinski definition) is 6.